The molecule has 0 spiro atoms. The number of hydrogen-bond donors (Lipinski definition) is 1. The van der Waals surface area contributed by atoms with Gasteiger partial charge in [-0.15, -0.1) is 11.3 Å². The first-order valence-electron chi connectivity index (χ1n) is 5.53. The average molecular weight is 245 g/mol. The maximum absolute atomic E-state index is 5.78. The Kier molecular flexibility index (Phi) is 3.52. The summed E-state index contributed by atoms with van der Waals surface area (Å²) in [6, 6.07) is 0. The number of thiazole rings is 1. The van der Waals surface area contributed by atoms with Gasteiger partial charge in [0, 0.05) is 11.9 Å². The zero-order chi connectivity index (χ0) is 10.7. The second kappa shape index (κ2) is 4.71. The van der Waals surface area contributed by atoms with Crippen molar-refractivity contribution in [2.24, 2.45) is 5.41 Å². The van der Waals surface area contributed by atoms with E-state index in [-0.39, 0.29) is 0 Å². The lowest BCUT2D eigenvalue weighted by Gasteiger charge is -2.33. The molecule has 1 aromatic heterocycles. The Morgan fingerprint density at radius 2 is 2.20 bits per heavy atom. The highest BCUT2D eigenvalue weighted by atomic mass is 35.5. The van der Waals surface area contributed by atoms with E-state index >= 15 is 0 Å². The summed E-state index contributed by atoms with van der Waals surface area (Å²) in [4.78, 5) is 4.20. The van der Waals surface area contributed by atoms with Crippen LogP contribution < -0.4 is 5.32 Å². The van der Waals surface area contributed by atoms with Crippen molar-refractivity contribution in [3.05, 3.63) is 10.5 Å². The maximum Gasteiger partial charge on any atom is 0.184 e. The van der Waals surface area contributed by atoms with E-state index in [9.17, 15) is 0 Å². The van der Waals surface area contributed by atoms with Gasteiger partial charge in [0.05, 0.1) is 0 Å². The summed E-state index contributed by atoms with van der Waals surface area (Å²) < 4.78 is 0. The quantitative estimate of drug-likeness (QED) is 0.863. The highest BCUT2D eigenvalue weighted by Gasteiger charge is 2.26. The highest BCUT2D eigenvalue weighted by molar-refractivity contribution is 7.14. The van der Waals surface area contributed by atoms with E-state index in [1.165, 1.54) is 32.1 Å². The van der Waals surface area contributed by atoms with Crippen molar-refractivity contribution in [3.8, 4) is 0 Å². The molecule has 1 aliphatic rings. The average Bonchev–Trinajstić information content (AvgIpc) is 2.63. The minimum atomic E-state index is 0.455. The Morgan fingerprint density at radius 1 is 1.47 bits per heavy atom. The molecule has 1 aromatic rings. The second-order valence-electron chi connectivity index (χ2n) is 4.70. The topological polar surface area (TPSA) is 24.9 Å². The Balaban J connectivity index is 1.86. The maximum atomic E-state index is 5.78. The number of rotatable bonds is 3. The lowest BCUT2D eigenvalue weighted by Crippen LogP contribution is -2.28. The first-order valence-corrected chi connectivity index (χ1v) is 6.79. The van der Waals surface area contributed by atoms with E-state index in [0.717, 1.165) is 11.7 Å². The van der Waals surface area contributed by atoms with Crippen LogP contribution in [0.2, 0.25) is 5.15 Å². The summed E-state index contributed by atoms with van der Waals surface area (Å²) in [6.07, 6.45) is 6.81. The van der Waals surface area contributed by atoms with Gasteiger partial charge in [0.25, 0.3) is 0 Å². The Hall–Kier alpha value is -0.280. The molecule has 0 radical (unpaired) electrons. The Bertz CT molecular complexity index is 318. The smallest absolute Gasteiger partial charge is 0.184 e. The molecule has 1 saturated carbocycles. The summed E-state index contributed by atoms with van der Waals surface area (Å²) in [5.74, 6) is 0. The molecule has 0 aromatic carbocycles. The molecule has 1 fully saturated rings. The van der Waals surface area contributed by atoms with Gasteiger partial charge in [-0.1, -0.05) is 37.8 Å². The fraction of sp³-hybridized carbons (Fsp3) is 0.727. The lowest BCUT2D eigenvalue weighted by atomic mass is 9.76. The van der Waals surface area contributed by atoms with Crippen LogP contribution in [0.25, 0.3) is 0 Å². The number of anilines is 1. The number of nitrogens with one attached hydrogen (secondary N) is 1. The van der Waals surface area contributed by atoms with Crippen molar-refractivity contribution in [1.82, 2.24) is 4.98 Å². The third-order valence-corrected chi connectivity index (χ3v) is 4.33. The minimum Gasteiger partial charge on any atom is -0.361 e. The van der Waals surface area contributed by atoms with E-state index in [4.69, 9.17) is 11.6 Å². The van der Waals surface area contributed by atoms with Crippen molar-refractivity contribution in [2.75, 3.05) is 11.9 Å². The fourth-order valence-corrected chi connectivity index (χ4v) is 3.04. The molecular formula is C11H17ClN2S. The molecular weight excluding hydrogens is 228 g/mol. The van der Waals surface area contributed by atoms with Crippen LogP contribution in [0.5, 0.6) is 0 Å². The molecule has 1 N–H and O–H groups in total. The standard InChI is InChI=1S/C11H17ClN2S/c1-11(5-3-2-4-6-11)8-13-10-14-9(12)7-15-10/h7H,2-6,8H2,1H3,(H,13,14). The van der Waals surface area contributed by atoms with Gasteiger partial charge in [-0.25, -0.2) is 4.98 Å². The number of halogens is 1. The van der Waals surface area contributed by atoms with Gasteiger partial charge in [0.2, 0.25) is 0 Å². The second-order valence-corrected chi connectivity index (χ2v) is 5.95. The van der Waals surface area contributed by atoms with E-state index in [2.05, 4.69) is 17.2 Å². The predicted molar refractivity (Wildman–Crippen MR) is 66.8 cm³/mol. The van der Waals surface area contributed by atoms with E-state index < -0.39 is 0 Å². The van der Waals surface area contributed by atoms with Crippen molar-refractivity contribution in [1.29, 1.82) is 0 Å². The number of hydrogen-bond acceptors (Lipinski definition) is 3. The fourth-order valence-electron chi connectivity index (χ4n) is 2.21. The normalized spacial score (nSPS) is 20.1. The molecule has 2 rings (SSSR count). The first-order chi connectivity index (χ1) is 7.18. The Morgan fingerprint density at radius 3 is 2.80 bits per heavy atom. The van der Waals surface area contributed by atoms with Crippen LogP contribution in [0.3, 0.4) is 0 Å². The molecule has 2 nitrogen and oxygen atoms in total. The Labute approximate surface area is 100 Å². The third-order valence-electron chi connectivity index (χ3n) is 3.20. The molecule has 0 unspecified atom stereocenters. The summed E-state index contributed by atoms with van der Waals surface area (Å²) >= 11 is 7.36. The van der Waals surface area contributed by atoms with Crippen LogP contribution >= 0.6 is 22.9 Å². The monoisotopic (exact) mass is 244 g/mol. The molecule has 1 aliphatic carbocycles. The summed E-state index contributed by atoms with van der Waals surface area (Å²) in [5.41, 5.74) is 0.455. The molecule has 0 aliphatic heterocycles. The zero-order valence-electron chi connectivity index (χ0n) is 9.05. The van der Waals surface area contributed by atoms with Crippen LogP contribution in [0.15, 0.2) is 5.38 Å². The van der Waals surface area contributed by atoms with Crippen molar-refractivity contribution in [2.45, 2.75) is 39.0 Å². The van der Waals surface area contributed by atoms with Gasteiger partial charge in [-0.2, -0.15) is 0 Å². The van der Waals surface area contributed by atoms with Crippen LogP contribution in [-0.2, 0) is 0 Å². The van der Waals surface area contributed by atoms with Crippen LogP contribution in [0.1, 0.15) is 39.0 Å². The first kappa shape index (κ1) is 11.2. The number of nitrogens with zero attached hydrogens (tertiary/aromatic N) is 1. The molecule has 0 bridgehead atoms. The van der Waals surface area contributed by atoms with Crippen molar-refractivity contribution in [3.63, 3.8) is 0 Å². The molecule has 0 atom stereocenters. The van der Waals surface area contributed by atoms with Gasteiger partial charge in [-0.05, 0) is 18.3 Å². The largest absolute Gasteiger partial charge is 0.361 e. The minimum absolute atomic E-state index is 0.455. The van der Waals surface area contributed by atoms with Gasteiger partial charge < -0.3 is 5.32 Å². The lowest BCUT2D eigenvalue weighted by molar-refractivity contribution is 0.233. The van der Waals surface area contributed by atoms with Crippen LogP contribution in [0, 0.1) is 5.41 Å². The summed E-state index contributed by atoms with van der Waals surface area (Å²) in [6.45, 7) is 3.39. The molecule has 15 heavy (non-hydrogen) atoms. The molecule has 4 heteroatoms. The van der Waals surface area contributed by atoms with E-state index in [1.54, 1.807) is 11.3 Å². The van der Waals surface area contributed by atoms with Gasteiger partial charge in [-0.3, -0.25) is 0 Å². The van der Waals surface area contributed by atoms with Crippen LogP contribution in [0.4, 0.5) is 5.13 Å². The highest BCUT2D eigenvalue weighted by Crippen LogP contribution is 2.36. The summed E-state index contributed by atoms with van der Waals surface area (Å²) in [5, 5.41) is 6.81. The SMILES string of the molecule is CC1(CNc2nc(Cl)cs2)CCCCC1. The molecule has 0 saturated heterocycles. The van der Waals surface area contributed by atoms with E-state index in [1.807, 2.05) is 5.38 Å². The van der Waals surface area contributed by atoms with Crippen molar-refractivity contribution >= 4 is 28.1 Å². The predicted octanol–water partition coefficient (Wildman–Crippen LogP) is 4.18. The summed E-state index contributed by atoms with van der Waals surface area (Å²) in [7, 11) is 0. The van der Waals surface area contributed by atoms with Gasteiger partial charge in [0.15, 0.2) is 5.13 Å². The van der Waals surface area contributed by atoms with Crippen LogP contribution in [-0.4, -0.2) is 11.5 Å². The van der Waals surface area contributed by atoms with Crippen molar-refractivity contribution < 1.29 is 0 Å². The molecule has 0 amide bonds. The molecule has 84 valence electrons. The van der Waals surface area contributed by atoms with Gasteiger partial charge >= 0.3 is 0 Å². The third kappa shape index (κ3) is 3.08. The zero-order valence-corrected chi connectivity index (χ0v) is 10.6. The van der Waals surface area contributed by atoms with E-state index in [0.29, 0.717) is 10.6 Å². The number of aromatic nitrogens is 1. The molecule has 1 heterocycles. The van der Waals surface area contributed by atoms with Gasteiger partial charge in [0.1, 0.15) is 5.15 Å².